The van der Waals surface area contributed by atoms with Crippen molar-refractivity contribution < 1.29 is 14.0 Å². The molecule has 0 radical (unpaired) electrons. The fraction of sp³-hybridized carbons (Fsp3) is 0.385. The fourth-order valence-corrected chi connectivity index (χ4v) is 1.77. The first-order valence-electron chi connectivity index (χ1n) is 5.88. The average molecular weight is 283 g/mol. The highest BCUT2D eigenvalue weighted by atomic mass is 35.5. The van der Waals surface area contributed by atoms with E-state index in [1.54, 1.807) is 19.2 Å². The first-order chi connectivity index (χ1) is 9.10. The van der Waals surface area contributed by atoms with Crippen molar-refractivity contribution in [1.82, 2.24) is 10.1 Å². The average Bonchev–Trinajstić information content (AvgIpc) is 2.80. The SMILES string of the molecule is COCc1nc(-c2ccc(OC(C)C)c(Cl)c2)no1. The number of aromatic nitrogens is 2. The summed E-state index contributed by atoms with van der Waals surface area (Å²) in [5.74, 6) is 1.54. The summed E-state index contributed by atoms with van der Waals surface area (Å²) in [5.41, 5.74) is 0.771. The van der Waals surface area contributed by atoms with Crippen molar-refractivity contribution in [3.05, 3.63) is 29.1 Å². The van der Waals surface area contributed by atoms with Gasteiger partial charge in [0.15, 0.2) is 0 Å². The third-order valence-electron chi connectivity index (χ3n) is 2.29. The van der Waals surface area contributed by atoms with Crippen LogP contribution < -0.4 is 4.74 Å². The molecule has 1 heterocycles. The minimum Gasteiger partial charge on any atom is -0.489 e. The van der Waals surface area contributed by atoms with Crippen molar-refractivity contribution in [1.29, 1.82) is 0 Å². The lowest BCUT2D eigenvalue weighted by molar-refractivity contribution is 0.151. The molecule has 102 valence electrons. The highest BCUT2D eigenvalue weighted by Gasteiger charge is 2.11. The number of nitrogens with zero attached hydrogens (tertiary/aromatic N) is 2. The molecule has 0 saturated carbocycles. The smallest absolute Gasteiger partial charge is 0.252 e. The van der Waals surface area contributed by atoms with E-state index in [2.05, 4.69) is 10.1 Å². The molecule has 19 heavy (non-hydrogen) atoms. The Bertz CT molecular complexity index is 555. The second kappa shape index (κ2) is 6.04. The Labute approximate surface area is 116 Å². The highest BCUT2D eigenvalue weighted by molar-refractivity contribution is 6.32. The molecule has 0 bridgehead atoms. The van der Waals surface area contributed by atoms with E-state index in [9.17, 15) is 0 Å². The van der Waals surface area contributed by atoms with Gasteiger partial charge in [0.25, 0.3) is 5.89 Å². The van der Waals surface area contributed by atoms with E-state index in [4.69, 9.17) is 25.6 Å². The molecule has 1 aromatic carbocycles. The lowest BCUT2D eigenvalue weighted by Crippen LogP contribution is -2.05. The Hall–Kier alpha value is -1.59. The van der Waals surface area contributed by atoms with Crippen molar-refractivity contribution in [2.75, 3.05) is 7.11 Å². The van der Waals surface area contributed by atoms with E-state index >= 15 is 0 Å². The molecule has 0 atom stereocenters. The lowest BCUT2D eigenvalue weighted by atomic mass is 10.2. The topological polar surface area (TPSA) is 57.4 Å². The Morgan fingerprint density at radius 2 is 2.16 bits per heavy atom. The lowest BCUT2D eigenvalue weighted by Gasteiger charge is -2.11. The molecule has 2 aromatic rings. The Kier molecular flexibility index (Phi) is 4.39. The summed E-state index contributed by atoms with van der Waals surface area (Å²) in [7, 11) is 1.57. The Morgan fingerprint density at radius 3 is 2.79 bits per heavy atom. The van der Waals surface area contributed by atoms with Gasteiger partial charge in [-0.05, 0) is 32.0 Å². The maximum absolute atomic E-state index is 6.16. The number of halogens is 1. The number of ether oxygens (including phenoxy) is 2. The Morgan fingerprint density at radius 1 is 1.37 bits per heavy atom. The van der Waals surface area contributed by atoms with Gasteiger partial charge in [0.05, 0.1) is 11.1 Å². The van der Waals surface area contributed by atoms with Crippen LogP contribution in [0.15, 0.2) is 22.7 Å². The van der Waals surface area contributed by atoms with Gasteiger partial charge in [-0.15, -0.1) is 0 Å². The molecule has 0 spiro atoms. The summed E-state index contributed by atoms with van der Waals surface area (Å²) in [5, 5.41) is 4.39. The first-order valence-corrected chi connectivity index (χ1v) is 6.26. The predicted octanol–water partition coefficient (Wildman–Crippen LogP) is 3.32. The zero-order chi connectivity index (χ0) is 13.8. The molecular formula is C13H15ClN2O3. The molecule has 0 unspecified atom stereocenters. The van der Waals surface area contributed by atoms with E-state index in [-0.39, 0.29) is 12.7 Å². The van der Waals surface area contributed by atoms with E-state index < -0.39 is 0 Å². The first kappa shape index (κ1) is 13.8. The molecule has 2 rings (SSSR count). The molecule has 0 aliphatic heterocycles. The molecule has 0 saturated heterocycles. The highest BCUT2D eigenvalue weighted by Crippen LogP contribution is 2.29. The number of benzene rings is 1. The minimum atomic E-state index is 0.0711. The fourth-order valence-electron chi connectivity index (χ4n) is 1.54. The van der Waals surface area contributed by atoms with Crippen LogP contribution in [-0.2, 0) is 11.3 Å². The van der Waals surface area contributed by atoms with Crippen molar-refractivity contribution in [3.8, 4) is 17.1 Å². The van der Waals surface area contributed by atoms with Crippen LogP contribution in [-0.4, -0.2) is 23.4 Å². The van der Waals surface area contributed by atoms with Crippen LogP contribution in [0.2, 0.25) is 5.02 Å². The van der Waals surface area contributed by atoms with Crippen LogP contribution in [0.25, 0.3) is 11.4 Å². The third kappa shape index (κ3) is 3.45. The zero-order valence-electron chi connectivity index (χ0n) is 11.0. The molecule has 1 aromatic heterocycles. The molecule has 0 fully saturated rings. The second-order valence-electron chi connectivity index (χ2n) is 4.26. The van der Waals surface area contributed by atoms with E-state index in [1.807, 2.05) is 19.9 Å². The minimum absolute atomic E-state index is 0.0711. The maximum atomic E-state index is 6.16. The predicted molar refractivity (Wildman–Crippen MR) is 71.2 cm³/mol. The monoisotopic (exact) mass is 282 g/mol. The third-order valence-corrected chi connectivity index (χ3v) is 2.58. The summed E-state index contributed by atoms with van der Waals surface area (Å²) in [4.78, 5) is 4.20. The van der Waals surface area contributed by atoms with Gasteiger partial charge in [0, 0.05) is 12.7 Å². The molecule has 0 N–H and O–H groups in total. The van der Waals surface area contributed by atoms with E-state index in [0.29, 0.717) is 22.5 Å². The molecular weight excluding hydrogens is 268 g/mol. The van der Waals surface area contributed by atoms with Crippen LogP contribution in [0.4, 0.5) is 0 Å². The van der Waals surface area contributed by atoms with Crippen molar-refractivity contribution in [2.24, 2.45) is 0 Å². The Balaban J connectivity index is 2.22. The van der Waals surface area contributed by atoms with E-state index in [1.165, 1.54) is 0 Å². The number of rotatable bonds is 5. The van der Waals surface area contributed by atoms with Gasteiger partial charge in [-0.2, -0.15) is 4.98 Å². The summed E-state index contributed by atoms with van der Waals surface area (Å²) < 4.78 is 15.5. The summed E-state index contributed by atoms with van der Waals surface area (Å²) in [6, 6.07) is 5.38. The quantitative estimate of drug-likeness (QED) is 0.842. The van der Waals surface area contributed by atoms with Gasteiger partial charge in [-0.3, -0.25) is 0 Å². The second-order valence-corrected chi connectivity index (χ2v) is 4.66. The standard InChI is InChI=1S/C13H15ClN2O3/c1-8(2)18-11-5-4-9(6-10(11)14)13-15-12(7-17-3)19-16-13/h4-6,8H,7H2,1-3H3. The molecule has 0 aliphatic carbocycles. The van der Waals surface area contributed by atoms with E-state index in [0.717, 1.165) is 5.56 Å². The van der Waals surface area contributed by atoms with Crippen LogP contribution in [0, 0.1) is 0 Å². The normalized spacial score (nSPS) is 11.0. The summed E-state index contributed by atoms with van der Waals surface area (Å²) in [6.07, 6.45) is 0.0711. The van der Waals surface area contributed by atoms with Crippen molar-refractivity contribution >= 4 is 11.6 Å². The van der Waals surface area contributed by atoms with Crippen LogP contribution in [0.3, 0.4) is 0 Å². The summed E-state index contributed by atoms with van der Waals surface area (Å²) >= 11 is 6.16. The maximum Gasteiger partial charge on any atom is 0.252 e. The van der Waals surface area contributed by atoms with Gasteiger partial charge in [-0.25, -0.2) is 0 Å². The molecule has 0 amide bonds. The summed E-state index contributed by atoms with van der Waals surface area (Å²) in [6.45, 7) is 4.18. The van der Waals surface area contributed by atoms with Gasteiger partial charge in [-0.1, -0.05) is 16.8 Å². The number of methoxy groups -OCH3 is 1. The van der Waals surface area contributed by atoms with Crippen molar-refractivity contribution in [3.63, 3.8) is 0 Å². The van der Waals surface area contributed by atoms with Gasteiger partial charge in [0.2, 0.25) is 5.82 Å². The van der Waals surface area contributed by atoms with Gasteiger partial charge in [0.1, 0.15) is 12.4 Å². The number of hydrogen-bond donors (Lipinski definition) is 0. The zero-order valence-corrected chi connectivity index (χ0v) is 11.8. The molecule has 6 heteroatoms. The van der Waals surface area contributed by atoms with Crippen molar-refractivity contribution in [2.45, 2.75) is 26.6 Å². The molecule has 5 nitrogen and oxygen atoms in total. The largest absolute Gasteiger partial charge is 0.489 e. The van der Waals surface area contributed by atoms with Gasteiger partial charge >= 0.3 is 0 Å². The molecule has 0 aliphatic rings. The van der Waals surface area contributed by atoms with Crippen LogP contribution >= 0.6 is 11.6 Å². The van der Waals surface area contributed by atoms with Crippen LogP contribution in [0.5, 0.6) is 5.75 Å². The number of hydrogen-bond acceptors (Lipinski definition) is 5. The van der Waals surface area contributed by atoms with Crippen LogP contribution in [0.1, 0.15) is 19.7 Å². The van der Waals surface area contributed by atoms with Gasteiger partial charge < -0.3 is 14.0 Å².